The highest BCUT2D eigenvalue weighted by Crippen LogP contribution is 2.18. The predicted molar refractivity (Wildman–Crippen MR) is 77.3 cm³/mol. The monoisotopic (exact) mass is 254 g/mol. The molecule has 1 N–H and O–H groups in total. The second-order valence-corrected chi connectivity index (χ2v) is 4.90. The van der Waals surface area contributed by atoms with Gasteiger partial charge in [-0.3, -0.25) is 0 Å². The molecule has 3 heteroatoms. The Morgan fingerprint density at radius 2 is 1.78 bits per heavy atom. The van der Waals surface area contributed by atoms with Crippen LogP contribution in [0.2, 0.25) is 0 Å². The molecule has 0 unspecified atom stereocenters. The van der Waals surface area contributed by atoms with Gasteiger partial charge in [0.1, 0.15) is 5.75 Å². The van der Waals surface area contributed by atoms with Gasteiger partial charge in [0.15, 0.2) is 0 Å². The predicted octanol–water partition coefficient (Wildman–Crippen LogP) is 3.01. The third-order valence-electron chi connectivity index (χ3n) is 2.42. The maximum Gasteiger partial charge on any atom is 0.119 e. The second-order valence-electron chi connectivity index (χ2n) is 4.37. The summed E-state index contributed by atoms with van der Waals surface area (Å²) in [4.78, 5) is 0. The van der Waals surface area contributed by atoms with Gasteiger partial charge < -0.3 is 10.1 Å². The van der Waals surface area contributed by atoms with E-state index in [1.807, 2.05) is 62.4 Å². The lowest BCUT2D eigenvalue weighted by molar-refractivity contribution is 0.242. The third-order valence-corrected chi connectivity index (χ3v) is 2.83. The van der Waals surface area contributed by atoms with Crippen molar-refractivity contribution in [2.75, 3.05) is 5.32 Å². The van der Waals surface area contributed by atoms with Crippen molar-refractivity contribution < 1.29 is 4.74 Å². The first-order chi connectivity index (χ1) is 8.65. The molecule has 2 rings (SSSR count). The summed E-state index contributed by atoms with van der Waals surface area (Å²) in [6, 6.07) is 16.0. The highest BCUT2D eigenvalue weighted by Gasteiger charge is 2.02. The fourth-order valence-corrected chi connectivity index (χ4v) is 1.94. The van der Waals surface area contributed by atoms with Gasteiger partial charge in [0.25, 0.3) is 0 Å². The number of rotatable bonds is 4. The zero-order valence-corrected chi connectivity index (χ0v) is 11.6. The molecule has 0 atom stereocenters. The van der Waals surface area contributed by atoms with Crippen molar-refractivity contribution in [3.05, 3.63) is 48.5 Å². The van der Waals surface area contributed by atoms with Crippen LogP contribution in [0, 0.1) is 0 Å². The summed E-state index contributed by atoms with van der Waals surface area (Å²) in [5.41, 5.74) is 2.09. The number of hydrogen-bond acceptors (Lipinski definition) is 2. The maximum absolute atomic E-state index is 5.64. The Hall–Kier alpha value is -1.74. The third kappa shape index (κ3) is 3.37. The van der Waals surface area contributed by atoms with Crippen molar-refractivity contribution in [3.8, 4) is 5.75 Å². The average molecular weight is 254 g/mol. The average Bonchev–Trinajstić information content (AvgIpc) is 2.33. The molecule has 3 radical (unpaired) electrons. The molecule has 0 heterocycles. The molecule has 0 aliphatic rings. The number of benzene rings is 2. The van der Waals surface area contributed by atoms with E-state index in [4.69, 9.17) is 4.74 Å². The Morgan fingerprint density at radius 3 is 2.39 bits per heavy atom. The van der Waals surface area contributed by atoms with Crippen LogP contribution in [0.5, 0.6) is 5.75 Å². The van der Waals surface area contributed by atoms with Gasteiger partial charge in [-0.05, 0) is 49.4 Å². The quantitative estimate of drug-likeness (QED) is 0.847. The molecule has 2 aromatic carbocycles. The normalized spacial score (nSPS) is 10.4. The second kappa shape index (κ2) is 5.73. The lowest BCUT2D eigenvalue weighted by Crippen LogP contribution is -2.12. The van der Waals surface area contributed by atoms with Crippen LogP contribution in [0.1, 0.15) is 13.8 Å². The fourth-order valence-electron chi connectivity index (χ4n) is 1.65. The van der Waals surface area contributed by atoms with Gasteiger partial charge in [0, 0.05) is 11.4 Å². The molecule has 0 aliphatic carbocycles. The van der Waals surface area contributed by atoms with Gasteiger partial charge in [-0.1, -0.05) is 18.2 Å². The molecule has 0 spiro atoms. The summed E-state index contributed by atoms with van der Waals surface area (Å²) in [6.07, 6.45) is 0.184. The van der Waals surface area contributed by atoms with E-state index in [0.29, 0.717) is 0 Å². The van der Waals surface area contributed by atoms with Gasteiger partial charge in [-0.15, -0.1) is 0 Å². The summed E-state index contributed by atoms with van der Waals surface area (Å²) >= 11 is 0. The van der Waals surface area contributed by atoms with Crippen LogP contribution < -0.4 is 15.2 Å². The molecule has 0 amide bonds. The Labute approximate surface area is 111 Å². The maximum atomic E-state index is 5.64. The topological polar surface area (TPSA) is 21.3 Å². The highest BCUT2D eigenvalue weighted by atomic mass is 28.1. The molecule has 0 aromatic heterocycles. The number of para-hydroxylation sites is 1. The Morgan fingerprint density at radius 1 is 1.06 bits per heavy atom. The summed E-state index contributed by atoms with van der Waals surface area (Å²) in [5.74, 6) is 0.869. The Balaban J connectivity index is 2.15. The van der Waals surface area contributed by atoms with Crippen molar-refractivity contribution >= 4 is 26.8 Å². The van der Waals surface area contributed by atoms with E-state index >= 15 is 0 Å². The van der Waals surface area contributed by atoms with E-state index in [1.54, 1.807) is 0 Å². The summed E-state index contributed by atoms with van der Waals surface area (Å²) in [6.45, 7) is 4.03. The van der Waals surface area contributed by atoms with Crippen LogP contribution in [0.3, 0.4) is 0 Å². The minimum absolute atomic E-state index is 0.184. The van der Waals surface area contributed by atoms with Gasteiger partial charge in [-0.2, -0.15) is 0 Å². The molecule has 0 saturated carbocycles. The summed E-state index contributed by atoms with van der Waals surface area (Å²) in [7, 11) is 3.61. The number of hydrogen-bond donors (Lipinski definition) is 1. The lowest BCUT2D eigenvalue weighted by atomic mass is 10.2. The van der Waals surface area contributed by atoms with E-state index in [0.717, 1.165) is 22.3 Å². The van der Waals surface area contributed by atoms with Crippen LogP contribution in [0.25, 0.3) is 0 Å². The van der Waals surface area contributed by atoms with Gasteiger partial charge in [0.05, 0.1) is 16.3 Å². The molecule has 0 bridgehead atoms. The van der Waals surface area contributed by atoms with Crippen LogP contribution in [0.4, 0.5) is 11.4 Å². The standard InChI is InChI=1S/C15H16NOSi/c1-11(2)17-13-8-9-14(15(18)10-13)16-12-6-4-3-5-7-12/h3-11,16H,1-2H3. The van der Waals surface area contributed by atoms with E-state index in [2.05, 4.69) is 15.6 Å². The Kier molecular flexibility index (Phi) is 4.05. The minimum Gasteiger partial charge on any atom is -0.491 e. The molecular weight excluding hydrogens is 238 g/mol. The molecule has 18 heavy (non-hydrogen) atoms. The largest absolute Gasteiger partial charge is 0.491 e. The van der Waals surface area contributed by atoms with Crippen LogP contribution in [-0.2, 0) is 0 Å². The molecule has 91 valence electrons. The first kappa shape index (κ1) is 12.7. The van der Waals surface area contributed by atoms with Gasteiger partial charge in [0.2, 0.25) is 0 Å². The van der Waals surface area contributed by atoms with Gasteiger partial charge >= 0.3 is 0 Å². The zero-order valence-electron chi connectivity index (χ0n) is 10.6. The summed E-state index contributed by atoms with van der Waals surface area (Å²) < 4.78 is 5.64. The van der Waals surface area contributed by atoms with Crippen LogP contribution in [-0.4, -0.2) is 16.3 Å². The molecular formula is C15H16NOSi. The van der Waals surface area contributed by atoms with Crippen LogP contribution in [0.15, 0.2) is 48.5 Å². The summed E-state index contributed by atoms with van der Waals surface area (Å²) in [5, 5.41) is 4.33. The fraction of sp³-hybridized carbons (Fsp3) is 0.200. The first-order valence-corrected chi connectivity index (χ1v) is 6.49. The molecule has 0 saturated heterocycles. The SMILES string of the molecule is CC(C)Oc1ccc(Nc2ccccc2)c([Si])c1. The number of anilines is 2. The molecule has 0 aliphatic heterocycles. The van der Waals surface area contributed by atoms with Gasteiger partial charge in [-0.25, -0.2) is 0 Å². The zero-order chi connectivity index (χ0) is 13.0. The highest BCUT2D eigenvalue weighted by molar-refractivity contribution is 6.36. The van der Waals surface area contributed by atoms with Crippen molar-refractivity contribution in [2.45, 2.75) is 20.0 Å². The number of ether oxygens (including phenoxy) is 1. The van der Waals surface area contributed by atoms with Crippen molar-refractivity contribution in [2.24, 2.45) is 0 Å². The van der Waals surface area contributed by atoms with E-state index in [-0.39, 0.29) is 6.10 Å². The Bertz CT molecular complexity index is 511. The lowest BCUT2D eigenvalue weighted by Gasteiger charge is -2.13. The van der Waals surface area contributed by atoms with E-state index in [1.165, 1.54) is 0 Å². The van der Waals surface area contributed by atoms with E-state index < -0.39 is 0 Å². The van der Waals surface area contributed by atoms with Crippen molar-refractivity contribution in [3.63, 3.8) is 0 Å². The molecule has 0 fully saturated rings. The smallest absolute Gasteiger partial charge is 0.119 e. The van der Waals surface area contributed by atoms with Crippen LogP contribution >= 0.6 is 0 Å². The molecule has 2 aromatic rings. The van der Waals surface area contributed by atoms with Crippen molar-refractivity contribution in [1.29, 1.82) is 0 Å². The number of nitrogens with one attached hydrogen (secondary N) is 1. The molecule has 2 nitrogen and oxygen atoms in total. The van der Waals surface area contributed by atoms with E-state index in [9.17, 15) is 0 Å². The van der Waals surface area contributed by atoms with Crippen molar-refractivity contribution in [1.82, 2.24) is 0 Å². The first-order valence-electron chi connectivity index (χ1n) is 5.99. The minimum atomic E-state index is 0.184.